The summed E-state index contributed by atoms with van der Waals surface area (Å²) in [5.41, 5.74) is 2.98. The number of H-pyrrole nitrogens is 1. The van der Waals surface area contributed by atoms with E-state index in [2.05, 4.69) is 4.98 Å². The molecule has 20 heavy (non-hydrogen) atoms. The molecule has 0 spiro atoms. The first kappa shape index (κ1) is 12.8. The molecule has 0 aliphatic heterocycles. The molecule has 2 aromatic carbocycles. The van der Waals surface area contributed by atoms with E-state index in [1.807, 2.05) is 31.2 Å². The van der Waals surface area contributed by atoms with Crippen LogP contribution in [0.15, 0.2) is 48.5 Å². The van der Waals surface area contributed by atoms with E-state index < -0.39 is 11.7 Å². The normalized spacial score (nSPS) is 12.0. The van der Waals surface area contributed by atoms with Gasteiger partial charge in [0.1, 0.15) is 0 Å². The molecule has 0 radical (unpaired) electrons. The summed E-state index contributed by atoms with van der Waals surface area (Å²) < 4.78 is 38.1. The van der Waals surface area contributed by atoms with E-state index in [9.17, 15) is 13.2 Å². The van der Waals surface area contributed by atoms with E-state index in [1.165, 1.54) is 12.1 Å². The molecule has 3 rings (SSSR count). The van der Waals surface area contributed by atoms with Crippen LogP contribution in [0.2, 0.25) is 0 Å². The molecule has 0 fully saturated rings. The molecule has 0 bridgehead atoms. The lowest BCUT2D eigenvalue weighted by molar-refractivity contribution is -0.137. The second-order valence-electron chi connectivity index (χ2n) is 4.85. The zero-order valence-corrected chi connectivity index (χ0v) is 10.8. The highest BCUT2D eigenvalue weighted by molar-refractivity contribution is 5.86. The molecule has 1 aromatic heterocycles. The van der Waals surface area contributed by atoms with Gasteiger partial charge in [0.2, 0.25) is 0 Å². The van der Waals surface area contributed by atoms with Crippen molar-refractivity contribution in [3.05, 3.63) is 59.7 Å². The summed E-state index contributed by atoms with van der Waals surface area (Å²) >= 11 is 0. The van der Waals surface area contributed by atoms with E-state index in [-0.39, 0.29) is 0 Å². The van der Waals surface area contributed by atoms with Gasteiger partial charge in [-0.25, -0.2) is 0 Å². The topological polar surface area (TPSA) is 15.8 Å². The van der Waals surface area contributed by atoms with Crippen LogP contribution in [0, 0.1) is 6.92 Å². The number of alkyl halides is 3. The van der Waals surface area contributed by atoms with Gasteiger partial charge in [-0.2, -0.15) is 13.2 Å². The molecular formula is C16H12F3N. The van der Waals surface area contributed by atoms with Crippen LogP contribution in [0.3, 0.4) is 0 Å². The second-order valence-corrected chi connectivity index (χ2v) is 4.85. The van der Waals surface area contributed by atoms with Gasteiger partial charge in [0.25, 0.3) is 0 Å². The monoisotopic (exact) mass is 275 g/mol. The van der Waals surface area contributed by atoms with Gasteiger partial charge in [-0.15, -0.1) is 0 Å². The van der Waals surface area contributed by atoms with Gasteiger partial charge in [0.15, 0.2) is 0 Å². The third kappa shape index (κ3) is 2.29. The van der Waals surface area contributed by atoms with E-state index in [0.717, 1.165) is 22.9 Å². The zero-order valence-electron chi connectivity index (χ0n) is 10.8. The summed E-state index contributed by atoms with van der Waals surface area (Å²) in [6.07, 6.45) is -4.31. The molecule has 0 aliphatic rings. The Morgan fingerprint density at radius 1 is 0.950 bits per heavy atom. The first-order valence-corrected chi connectivity index (χ1v) is 6.20. The van der Waals surface area contributed by atoms with Crippen molar-refractivity contribution < 1.29 is 13.2 Å². The average Bonchev–Trinajstić information content (AvgIpc) is 2.80. The number of aromatic nitrogens is 1. The molecular weight excluding hydrogens is 263 g/mol. The lowest BCUT2D eigenvalue weighted by Crippen LogP contribution is -2.03. The average molecular weight is 275 g/mol. The van der Waals surface area contributed by atoms with Crippen LogP contribution in [0.25, 0.3) is 22.2 Å². The fraction of sp³-hybridized carbons (Fsp3) is 0.125. The first-order valence-electron chi connectivity index (χ1n) is 6.20. The van der Waals surface area contributed by atoms with E-state index in [0.29, 0.717) is 10.9 Å². The summed E-state index contributed by atoms with van der Waals surface area (Å²) in [5.74, 6) is 0. The van der Waals surface area contributed by atoms with Crippen molar-refractivity contribution in [3.8, 4) is 11.3 Å². The molecule has 0 saturated carbocycles. The summed E-state index contributed by atoms with van der Waals surface area (Å²) in [5, 5.41) is 0.566. The maximum atomic E-state index is 12.7. The van der Waals surface area contributed by atoms with Gasteiger partial charge < -0.3 is 4.98 Å². The van der Waals surface area contributed by atoms with Crippen molar-refractivity contribution in [1.29, 1.82) is 0 Å². The third-order valence-corrected chi connectivity index (χ3v) is 3.28. The molecule has 102 valence electrons. The summed E-state index contributed by atoms with van der Waals surface area (Å²) in [6, 6.07) is 13.3. The summed E-state index contributed by atoms with van der Waals surface area (Å²) in [6.45, 7) is 1.98. The van der Waals surface area contributed by atoms with Gasteiger partial charge in [-0.1, -0.05) is 23.8 Å². The van der Waals surface area contributed by atoms with Gasteiger partial charge in [-0.05, 0) is 42.8 Å². The van der Waals surface area contributed by atoms with Crippen molar-refractivity contribution >= 4 is 10.9 Å². The fourth-order valence-corrected chi connectivity index (χ4v) is 2.28. The van der Waals surface area contributed by atoms with E-state index in [1.54, 1.807) is 6.07 Å². The fourth-order valence-electron chi connectivity index (χ4n) is 2.28. The highest BCUT2D eigenvalue weighted by Crippen LogP contribution is 2.33. The number of hydrogen-bond acceptors (Lipinski definition) is 0. The Morgan fingerprint density at radius 3 is 2.45 bits per heavy atom. The Morgan fingerprint density at radius 2 is 1.75 bits per heavy atom. The lowest BCUT2D eigenvalue weighted by atomic mass is 10.1. The maximum absolute atomic E-state index is 12.7. The minimum absolute atomic E-state index is 0.566. The Hall–Kier alpha value is -2.23. The van der Waals surface area contributed by atoms with E-state index in [4.69, 9.17) is 0 Å². The highest BCUT2D eigenvalue weighted by Gasteiger charge is 2.30. The van der Waals surface area contributed by atoms with Crippen molar-refractivity contribution in [2.75, 3.05) is 0 Å². The second kappa shape index (κ2) is 4.40. The van der Waals surface area contributed by atoms with Crippen molar-refractivity contribution in [2.45, 2.75) is 13.1 Å². The molecule has 1 nitrogen and oxygen atoms in total. The molecule has 4 heteroatoms. The minimum Gasteiger partial charge on any atom is -0.355 e. The van der Waals surface area contributed by atoms with Crippen molar-refractivity contribution in [2.24, 2.45) is 0 Å². The lowest BCUT2D eigenvalue weighted by Gasteiger charge is -2.05. The molecule has 1 N–H and O–H groups in total. The Bertz CT molecular complexity index is 769. The number of aryl methyl sites for hydroxylation is 1. The van der Waals surface area contributed by atoms with Gasteiger partial charge in [0, 0.05) is 16.6 Å². The van der Waals surface area contributed by atoms with Crippen LogP contribution in [-0.2, 0) is 6.18 Å². The third-order valence-electron chi connectivity index (χ3n) is 3.28. The number of benzene rings is 2. The standard InChI is InChI=1S/C16H12F3N/c1-10-3-2-4-11(7-10)15-9-12-8-13(16(17,18)19)5-6-14(12)20-15/h2-9,20H,1H3. The minimum atomic E-state index is -4.31. The number of hydrogen-bond donors (Lipinski definition) is 1. The first-order chi connectivity index (χ1) is 9.43. The number of fused-ring (bicyclic) bond motifs is 1. The Kier molecular flexibility index (Phi) is 2.82. The highest BCUT2D eigenvalue weighted by atomic mass is 19.4. The Balaban J connectivity index is 2.11. The number of rotatable bonds is 1. The number of aromatic amines is 1. The van der Waals surface area contributed by atoms with Gasteiger partial charge in [-0.3, -0.25) is 0 Å². The zero-order chi connectivity index (χ0) is 14.3. The number of halogens is 3. The summed E-state index contributed by atoms with van der Waals surface area (Å²) in [4.78, 5) is 3.15. The molecule has 3 aromatic rings. The maximum Gasteiger partial charge on any atom is 0.416 e. The van der Waals surface area contributed by atoms with Crippen LogP contribution < -0.4 is 0 Å². The smallest absolute Gasteiger partial charge is 0.355 e. The molecule has 0 atom stereocenters. The number of nitrogens with one attached hydrogen (secondary N) is 1. The van der Waals surface area contributed by atoms with Crippen LogP contribution in [0.1, 0.15) is 11.1 Å². The quantitative estimate of drug-likeness (QED) is 0.631. The van der Waals surface area contributed by atoms with Gasteiger partial charge in [0.05, 0.1) is 5.56 Å². The molecule has 0 aliphatic carbocycles. The van der Waals surface area contributed by atoms with Crippen LogP contribution in [-0.4, -0.2) is 4.98 Å². The van der Waals surface area contributed by atoms with Gasteiger partial charge >= 0.3 is 6.18 Å². The molecule has 0 unspecified atom stereocenters. The van der Waals surface area contributed by atoms with Crippen LogP contribution in [0.4, 0.5) is 13.2 Å². The van der Waals surface area contributed by atoms with Crippen molar-refractivity contribution in [1.82, 2.24) is 4.98 Å². The van der Waals surface area contributed by atoms with E-state index >= 15 is 0 Å². The van der Waals surface area contributed by atoms with Crippen LogP contribution in [0.5, 0.6) is 0 Å². The van der Waals surface area contributed by atoms with Crippen LogP contribution >= 0.6 is 0 Å². The SMILES string of the molecule is Cc1cccc(-c2cc3cc(C(F)(F)F)ccc3[nH]2)c1. The summed E-state index contributed by atoms with van der Waals surface area (Å²) in [7, 11) is 0. The molecule has 1 heterocycles. The van der Waals surface area contributed by atoms with Crippen molar-refractivity contribution in [3.63, 3.8) is 0 Å². The predicted molar refractivity (Wildman–Crippen MR) is 73.5 cm³/mol. The Labute approximate surface area is 114 Å². The largest absolute Gasteiger partial charge is 0.416 e. The predicted octanol–water partition coefficient (Wildman–Crippen LogP) is 5.16. The molecule has 0 saturated heterocycles. The molecule has 0 amide bonds.